The van der Waals surface area contributed by atoms with E-state index in [2.05, 4.69) is 10.6 Å². The molecule has 0 saturated heterocycles. The summed E-state index contributed by atoms with van der Waals surface area (Å²) < 4.78 is 0. The lowest BCUT2D eigenvalue weighted by atomic mass is 10.4. The zero-order valence-corrected chi connectivity index (χ0v) is 8.95. The van der Waals surface area contributed by atoms with Gasteiger partial charge in [-0.25, -0.2) is 5.48 Å². The Bertz CT molecular complexity index is 258. The van der Waals surface area contributed by atoms with Gasteiger partial charge in [0.25, 0.3) is 0 Å². The highest BCUT2D eigenvalue weighted by Gasteiger charge is 2.11. The Morgan fingerprint density at radius 2 is 2.07 bits per heavy atom. The minimum atomic E-state index is -0.693. The van der Waals surface area contributed by atoms with Gasteiger partial charge in [-0.15, -0.1) is 0 Å². The molecule has 0 spiro atoms. The monoisotopic (exact) mass is 213 g/mol. The van der Waals surface area contributed by atoms with Gasteiger partial charge in [-0.3, -0.25) is 9.63 Å². The molecule has 0 rings (SSSR count). The molecular formula is C9H15N3O3. The van der Waals surface area contributed by atoms with Gasteiger partial charge in [0.05, 0.1) is 6.61 Å². The van der Waals surface area contributed by atoms with Gasteiger partial charge < -0.3 is 4.84 Å². The minimum Gasteiger partial charge on any atom is -0.395 e. The minimum absolute atomic E-state index is 0.348. The van der Waals surface area contributed by atoms with E-state index in [4.69, 9.17) is 14.9 Å². The number of amides is 1. The van der Waals surface area contributed by atoms with Crippen molar-refractivity contribution in [3.63, 3.8) is 0 Å². The van der Waals surface area contributed by atoms with Crippen LogP contribution in [0.2, 0.25) is 0 Å². The molecule has 6 heteroatoms. The molecule has 0 unspecified atom stereocenters. The lowest BCUT2D eigenvalue weighted by molar-refractivity contribution is -0.126. The number of hydrogen-bond donors (Lipinski definition) is 1. The molecule has 1 amide bonds. The molecule has 0 heterocycles. The second kappa shape index (κ2) is 8.97. The van der Waals surface area contributed by atoms with E-state index in [1.165, 1.54) is 0 Å². The van der Waals surface area contributed by atoms with Crippen LogP contribution in [0.25, 0.3) is 0 Å². The molecule has 0 atom stereocenters. The third kappa shape index (κ3) is 6.46. The van der Waals surface area contributed by atoms with Crippen LogP contribution in [0.15, 0.2) is 5.16 Å². The highest BCUT2D eigenvalue weighted by Crippen LogP contribution is 1.85. The SMILES string of the molecule is CCCON=C(C#N)C(=O)NOCCC. The third-order valence-corrected chi connectivity index (χ3v) is 1.24. The third-order valence-electron chi connectivity index (χ3n) is 1.24. The van der Waals surface area contributed by atoms with E-state index in [-0.39, 0.29) is 5.71 Å². The Hall–Kier alpha value is -1.61. The lowest BCUT2D eigenvalue weighted by Gasteiger charge is -2.02. The summed E-state index contributed by atoms with van der Waals surface area (Å²) in [6.07, 6.45) is 1.53. The number of nitrogens with zero attached hydrogens (tertiary/aromatic N) is 2. The van der Waals surface area contributed by atoms with Crippen LogP contribution < -0.4 is 5.48 Å². The number of nitrogens with one attached hydrogen (secondary N) is 1. The van der Waals surface area contributed by atoms with E-state index in [1.54, 1.807) is 6.07 Å². The number of hydrogen-bond acceptors (Lipinski definition) is 5. The van der Waals surface area contributed by atoms with Crippen LogP contribution in [0, 0.1) is 11.3 Å². The summed E-state index contributed by atoms with van der Waals surface area (Å²) in [5.74, 6) is -0.693. The molecule has 15 heavy (non-hydrogen) atoms. The molecule has 1 N–H and O–H groups in total. The highest BCUT2D eigenvalue weighted by molar-refractivity contribution is 6.44. The van der Waals surface area contributed by atoms with Crippen molar-refractivity contribution in [2.75, 3.05) is 13.2 Å². The number of rotatable bonds is 7. The quantitative estimate of drug-likeness (QED) is 0.384. The molecule has 0 aromatic heterocycles. The van der Waals surface area contributed by atoms with E-state index >= 15 is 0 Å². The molecule has 6 nitrogen and oxygen atoms in total. The molecule has 0 saturated carbocycles. The first-order valence-electron chi connectivity index (χ1n) is 4.78. The summed E-state index contributed by atoms with van der Waals surface area (Å²) in [6.45, 7) is 4.55. The van der Waals surface area contributed by atoms with E-state index < -0.39 is 5.91 Å². The Labute approximate surface area is 88.8 Å². The average molecular weight is 213 g/mol. The van der Waals surface area contributed by atoms with Gasteiger partial charge in [0, 0.05) is 0 Å². The molecule has 0 aliphatic carbocycles. The van der Waals surface area contributed by atoms with Gasteiger partial charge in [0.15, 0.2) is 0 Å². The Morgan fingerprint density at radius 3 is 2.60 bits per heavy atom. The van der Waals surface area contributed by atoms with Crippen molar-refractivity contribution in [2.24, 2.45) is 5.16 Å². The normalized spacial score (nSPS) is 10.6. The molecule has 84 valence electrons. The first-order chi connectivity index (χ1) is 7.26. The number of carbonyl (C=O) groups is 1. The molecular weight excluding hydrogens is 198 g/mol. The van der Waals surface area contributed by atoms with Gasteiger partial charge in [-0.05, 0) is 12.8 Å². The fourth-order valence-corrected chi connectivity index (χ4v) is 0.581. The van der Waals surface area contributed by atoms with Crippen LogP contribution >= 0.6 is 0 Å². The second-order valence-electron chi connectivity index (χ2n) is 2.66. The summed E-state index contributed by atoms with van der Waals surface area (Å²) in [7, 11) is 0. The topological polar surface area (TPSA) is 83.7 Å². The summed E-state index contributed by atoms with van der Waals surface area (Å²) >= 11 is 0. The summed E-state index contributed by atoms with van der Waals surface area (Å²) in [5, 5.41) is 11.9. The first-order valence-corrected chi connectivity index (χ1v) is 4.78. The Balaban J connectivity index is 4.00. The maximum absolute atomic E-state index is 11.2. The van der Waals surface area contributed by atoms with Crippen molar-refractivity contribution in [1.82, 2.24) is 5.48 Å². The van der Waals surface area contributed by atoms with Gasteiger partial charge in [-0.2, -0.15) is 5.26 Å². The van der Waals surface area contributed by atoms with Gasteiger partial charge in [0.1, 0.15) is 12.7 Å². The van der Waals surface area contributed by atoms with Crippen molar-refractivity contribution in [3.8, 4) is 6.07 Å². The predicted molar refractivity (Wildman–Crippen MR) is 53.7 cm³/mol. The fraction of sp³-hybridized carbons (Fsp3) is 0.667. The van der Waals surface area contributed by atoms with E-state index in [0.29, 0.717) is 13.2 Å². The maximum atomic E-state index is 11.2. The van der Waals surface area contributed by atoms with Crippen LogP contribution in [0.1, 0.15) is 26.7 Å². The highest BCUT2D eigenvalue weighted by atomic mass is 16.7. The zero-order chi connectivity index (χ0) is 11.5. The van der Waals surface area contributed by atoms with Crippen LogP contribution in [0.3, 0.4) is 0 Å². The molecule has 0 aromatic carbocycles. The molecule has 0 fully saturated rings. The van der Waals surface area contributed by atoms with Crippen LogP contribution in [-0.4, -0.2) is 24.8 Å². The van der Waals surface area contributed by atoms with Crippen molar-refractivity contribution >= 4 is 11.6 Å². The van der Waals surface area contributed by atoms with Crippen molar-refractivity contribution in [2.45, 2.75) is 26.7 Å². The summed E-state index contributed by atoms with van der Waals surface area (Å²) in [6, 6.07) is 1.62. The molecule has 0 aliphatic heterocycles. The first kappa shape index (κ1) is 13.4. The van der Waals surface area contributed by atoms with Gasteiger partial charge >= 0.3 is 5.91 Å². The van der Waals surface area contributed by atoms with Crippen LogP contribution in [-0.2, 0) is 14.5 Å². The molecule has 0 bridgehead atoms. The van der Waals surface area contributed by atoms with Crippen molar-refractivity contribution < 1.29 is 14.5 Å². The van der Waals surface area contributed by atoms with Gasteiger partial charge in [-0.1, -0.05) is 19.0 Å². The predicted octanol–water partition coefficient (Wildman–Crippen LogP) is 0.750. The van der Waals surface area contributed by atoms with Crippen molar-refractivity contribution in [1.29, 1.82) is 5.26 Å². The molecule has 0 radical (unpaired) electrons. The van der Waals surface area contributed by atoms with Crippen LogP contribution in [0.4, 0.5) is 0 Å². The standard InChI is InChI=1S/C9H15N3O3/c1-3-5-14-11-8(7-10)9(13)12-15-6-4-2/h3-6H2,1-2H3,(H,12,13). The van der Waals surface area contributed by atoms with Crippen LogP contribution in [0.5, 0.6) is 0 Å². The summed E-state index contributed by atoms with van der Waals surface area (Å²) in [5.41, 5.74) is 1.74. The van der Waals surface area contributed by atoms with Crippen molar-refractivity contribution in [3.05, 3.63) is 0 Å². The fourth-order valence-electron chi connectivity index (χ4n) is 0.581. The number of nitriles is 1. The second-order valence-corrected chi connectivity index (χ2v) is 2.66. The average Bonchev–Trinajstić information content (AvgIpc) is 2.24. The largest absolute Gasteiger partial charge is 0.395 e. The number of oxime groups is 1. The van der Waals surface area contributed by atoms with E-state index in [1.807, 2.05) is 13.8 Å². The van der Waals surface area contributed by atoms with Gasteiger partial charge in [0.2, 0.25) is 5.71 Å². The smallest absolute Gasteiger partial charge is 0.307 e. The Morgan fingerprint density at radius 1 is 1.40 bits per heavy atom. The lowest BCUT2D eigenvalue weighted by Crippen LogP contribution is -2.30. The number of carbonyl (C=O) groups excluding carboxylic acids is 1. The zero-order valence-electron chi connectivity index (χ0n) is 8.95. The Kier molecular flexibility index (Phi) is 8.00. The van der Waals surface area contributed by atoms with E-state index in [0.717, 1.165) is 12.8 Å². The number of hydroxylamine groups is 1. The van der Waals surface area contributed by atoms with E-state index in [9.17, 15) is 4.79 Å². The molecule has 0 aromatic rings. The maximum Gasteiger partial charge on any atom is 0.307 e. The summed E-state index contributed by atoms with van der Waals surface area (Å²) in [4.78, 5) is 20.6. The molecule has 0 aliphatic rings.